The minimum Gasteiger partial charge on any atom is -0.427 e. The molecule has 0 aliphatic heterocycles. The number of nitriles is 2. The van der Waals surface area contributed by atoms with Crippen molar-refractivity contribution in [2.24, 2.45) is 0 Å². The molecule has 7 nitrogen and oxygen atoms in total. The molecule has 0 fully saturated rings. The van der Waals surface area contributed by atoms with E-state index in [4.69, 9.17) is 15.2 Å². The fraction of sp³-hybridized carbons (Fsp3) is 0.261. The standard InChI is InChI=1S/C23H22BN5O2/c1-22(2,30)23(3,4)31-24-17-8-5-15(6-9-17)20-10-7-16(14-27-20)21-28-18(12-25)11-19(13-26)29-21/h5-11,14,24,30H,1-4H3. The molecule has 2 heterocycles. The molecule has 3 rings (SSSR count). The molecule has 154 valence electrons. The maximum absolute atomic E-state index is 10.2. The summed E-state index contributed by atoms with van der Waals surface area (Å²) in [4.78, 5) is 12.8. The summed E-state index contributed by atoms with van der Waals surface area (Å²) in [5, 5.41) is 28.4. The molecule has 1 aromatic carbocycles. The van der Waals surface area contributed by atoms with Crippen LogP contribution in [0.2, 0.25) is 0 Å². The zero-order valence-electron chi connectivity index (χ0n) is 17.9. The highest BCUT2D eigenvalue weighted by Crippen LogP contribution is 2.24. The van der Waals surface area contributed by atoms with Crippen LogP contribution in [0.1, 0.15) is 39.1 Å². The molecular formula is C23H22BN5O2. The maximum atomic E-state index is 10.2. The average molecular weight is 411 g/mol. The van der Waals surface area contributed by atoms with Crippen molar-refractivity contribution in [3.8, 4) is 34.8 Å². The van der Waals surface area contributed by atoms with Crippen molar-refractivity contribution in [3.05, 3.63) is 60.0 Å². The van der Waals surface area contributed by atoms with Crippen LogP contribution in [-0.2, 0) is 4.65 Å². The largest absolute Gasteiger partial charge is 0.427 e. The normalized spacial score (nSPS) is 11.5. The second kappa shape index (κ2) is 8.65. The van der Waals surface area contributed by atoms with E-state index in [0.717, 1.165) is 16.7 Å². The van der Waals surface area contributed by atoms with Crippen molar-refractivity contribution in [1.29, 1.82) is 10.5 Å². The zero-order valence-corrected chi connectivity index (χ0v) is 17.9. The molecule has 1 N–H and O–H groups in total. The van der Waals surface area contributed by atoms with Crippen LogP contribution in [0.15, 0.2) is 48.7 Å². The number of pyridine rings is 1. The van der Waals surface area contributed by atoms with Crippen LogP contribution >= 0.6 is 0 Å². The predicted octanol–water partition coefficient (Wildman–Crippen LogP) is 2.49. The van der Waals surface area contributed by atoms with Crippen LogP contribution in [-0.4, -0.2) is 38.7 Å². The van der Waals surface area contributed by atoms with Crippen molar-refractivity contribution in [1.82, 2.24) is 15.0 Å². The lowest BCUT2D eigenvalue weighted by molar-refractivity contribution is -0.0893. The third kappa shape index (κ3) is 5.13. The third-order valence-corrected chi connectivity index (χ3v) is 5.30. The molecule has 2 aromatic heterocycles. The van der Waals surface area contributed by atoms with Crippen LogP contribution in [0.4, 0.5) is 0 Å². The molecule has 0 saturated carbocycles. The lowest BCUT2D eigenvalue weighted by Crippen LogP contribution is -2.49. The van der Waals surface area contributed by atoms with E-state index in [1.807, 2.05) is 62.4 Å². The first-order valence-electron chi connectivity index (χ1n) is 9.74. The van der Waals surface area contributed by atoms with Crippen LogP contribution in [0.5, 0.6) is 0 Å². The molecule has 8 heteroatoms. The highest BCUT2D eigenvalue weighted by molar-refractivity contribution is 6.47. The Morgan fingerprint density at radius 1 is 0.903 bits per heavy atom. The minimum absolute atomic E-state index is 0.135. The molecule has 0 spiro atoms. The van der Waals surface area contributed by atoms with Crippen LogP contribution in [0.3, 0.4) is 0 Å². The molecule has 0 aliphatic carbocycles. The van der Waals surface area contributed by atoms with Crippen LogP contribution in [0.25, 0.3) is 22.6 Å². The summed E-state index contributed by atoms with van der Waals surface area (Å²) in [5.74, 6) is 0.288. The van der Waals surface area contributed by atoms with Gasteiger partial charge in [-0.05, 0) is 39.8 Å². The van der Waals surface area contributed by atoms with Gasteiger partial charge in [-0.1, -0.05) is 29.7 Å². The van der Waals surface area contributed by atoms with Gasteiger partial charge in [0.25, 0.3) is 0 Å². The van der Waals surface area contributed by atoms with Gasteiger partial charge >= 0.3 is 7.48 Å². The van der Waals surface area contributed by atoms with Crippen LogP contribution in [0, 0.1) is 22.7 Å². The Balaban J connectivity index is 1.75. The quantitative estimate of drug-likeness (QED) is 0.620. The monoisotopic (exact) mass is 411 g/mol. The van der Waals surface area contributed by atoms with Gasteiger partial charge in [0.15, 0.2) is 5.82 Å². The maximum Gasteiger partial charge on any atom is 0.309 e. The van der Waals surface area contributed by atoms with E-state index in [1.54, 1.807) is 20.0 Å². The summed E-state index contributed by atoms with van der Waals surface area (Å²) in [7, 11) is 0.386. The van der Waals surface area contributed by atoms with Crippen molar-refractivity contribution in [2.75, 3.05) is 0 Å². The van der Waals surface area contributed by atoms with Gasteiger partial charge in [-0.2, -0.15) is 10.5 Å². The molecule has 0 atom stereocenters. The molecule has 0 saturated heterocycles. The molecule has 31 heavy (non-hydrogen) atoms. The Hall–Kier alpha value is -3.59. The Morgan fingerprint density at radius 3 is 1.97 bits per heavy atom. The first-order valence-corrected chi connectivity index (χ1v) is 9.74. The Kier molecular flexibility index (Phi) is 6.17. The summed E-state index contributed by atoms with van der Waals surface area (Å²) in [6.07, 6.45) is 1.62. The molecular weight excluding hydrogens is 389 g/mol. The van der Waals surface area contributed by atoms with E-state index in [2.05, 4.69) is 15.0 Å². The highest BCUT2D eigenvalue weighted by atomic mass is 16.5. The van der Waals surface area contributed by atoms with Gasteiger partial charge < -0.3 is 9.76 Å². The molecule has 0 radical (unpaired) electrons. The van der Waals surface area contributed by atoms with E-state index in [9.17, 15) is 5.11 Å². The average Bonchev–Trinajstić information content (AvgIpc) is 2.77. The summed E-state index contributed by atoms with van der Waals surface area (Å²) < 4.78 is 5.90. The molecule has 0 bridgehead atoms. The number of rotatable bonds is 6. The fourth-order valence-electron chi connectivity index (χ4n) is 2.60. The molecule has 3 aromatic rings. The van der Waals surface area contributed by atoms with E-state index in [0.29, 0.717) is 13.0 Å². The van der Waals surface area contributed by atoms with Crippen molar-refractivity contribution in [3.63, 3.8) is 0 Å². The number of benzene rings is 1. The minimum atomic E-state index is -0.955. The van der Waals surface area contributed by atoms with E-state index < -0.39 is 11.2 Å². The molecule has 0 amide bonds. The summed E-state index contributed by atoms with van der Waals surface area (Å²) in [6.45, 7) is 7.19. The topological polar surface area (TPSA) is 116 Å². The van der Waals surface area contributed by atoms with E-state index in [-0.39, 0.29) is 17.2 Å². The Morgan fingerprint density at radius 2 is 1.48 bits per heavy atom. The van der Waals surface area contributed by atoms with E-state index >= 15 is 0 Å². The van der Waals surface area contributed by atoms with Gasteiger partial charge in [0.2, 0.25) is 0 Å². The van der Waals surface area contributed by atoms with Crippen LogP contribution < -0.4 is 5.46 Å². The third-order valence-electron chi connectivity index (χ3n) is 5.30. The van der Waals surface area contributed by atoms with Crippen molar-refractivity contribution < 1.29 is 9.76 Å². The highest BCUT2D eigenvalue weighted by Gasteiger charge is 2.35. The fourth-order valence-corrected chi connectivity index (χ4v) is 2.60. The number of hydrogen-bond donors (Lipinski definition) is 1. The Labute approximate surface area is 182 Å². The number of aliphatic hydroxyl groups is 1. The number of nitrogens with zero attached hydrogens (tertiary/aromatic N) is 5. The van der Waals surface area contributed by atoms with Gasteiger partial charge in [0, 0.05) is 23.4 Å². The number of aromatic nitrogens is 3. The van der Waals surface area contributed by atoms with Gasteiger partial charge in [-0.3, -0.25) is 4.98 Å². The first-order chi connectivity index (χ1) is 14.6. The smallest absolute Gasteiger partial charge is 0.309 e. The second-order valence-electron chi connectivity index (χ2n) is 8.17. The summed E-state index contributed by atoms with van der Waals surface area (Å²) in [5.41, 5.74) is 1.95. The molecule has 0 aliphatic rings. The lowest BCUT2D eigenvalue weighted by atomic mass is 9.82. The first kappa shape index (κ1) is 22.1. The van der Waals surface area contributed by atoms with Gasteiger partial charge in [0.1, 0.15) is 23.5 Å². The Bertz CT molecular complexity index is 1120. The summed E-state index contributed by atoms with van der Waals surface area (Å²) >= 11 is 0. The molecule has 0 unspecified atom stereocenters. The SMILES string of the molecule is CC(C)(O)C(C)(C)OBc1ccc(-c2ccc(-c3nc(C#N)cc(C#N)n3)cn2)cc1. The second-order valence-corrected chi connectivity index (χ2v) is 8.17. The number of hydrogen-bond acceptors (Lipinski definition) is 7. The van der Waals surface area contributed by atoms with Gasteiger partial charge in [0.05, 0.1) is 16.9 Å². The predicted molar refractivity (Wildman–Crippen MR) is 118 cm³/mol. The lowest BCUT2D eigenvalue weighted by Gasteiger charge is -2.37. The van der Waals surface area contributed by atoms with Crippen molar-refractivity contribution in [2.45, 2.75) is 38.9 Å². The van der Waals surface area contributed by atoms with Gasteiger partial charge in [-0.25, -0.2) is 9.97 Å². The van der Waals surface area contributed by atoms with E-state index in [1.165, 1.54) is 6.07 Å². The van der Waals surface area contributed by atoms with Crippen molar-refractivity contribution >= 4 is 12.9 Å². The summed E-state index contributed by atoms with van der Waals surface area (Å²) in [6, 6.07) is 16.7. The zero-order chi connectivity index (χ0) is 22.6. The van der Waals surface area contributed by atoms with Gasteiger partial charge in [-0.15, -0.1) is 0 Å².